The zero-order valence-electron chi connectivity index (χ0n) is 14.7. The highest BCUT2D eigenvalue weighted by molar-refractivity contribution is 5.80. The summed E-state index contributed by atoms with van der Waals surface area (Å²) in [5.41, 5.74) is -1.11. The topological polar surface area (TPSA) is 121 Å². The molecule has 3 rings (SSSR count). The van der Waals surface area contributed by atoms with Gasteiger partial charge in [-0.1, -0.05) is 0 Å². The lowest BCUT2D eigenvalue weighted by Gasteiger charge is -2.40. The molecule has 1 aliphatic heterocycles. The summed E-state index contributed by atoms with van der Waals surface area (Å²) in [4.78, 5) is 48.7. The van der Waals surface area contributed by atoms with E-state index in [1.54, 1.807) is 35.7 Å². The fourth-order valence-electron chi connectivity index (χ4n) is 3.43. The molecule has 0 atom stereocenters. The molecule has 26 heavy (non-hydrogen) atoms. The van der Waals surface area contributed by atoms with Crippen molar-refractivity contribution in [3.8, 4) is 0 Å². The number of rotatable bonds is 4. The van der Waals surface area contributed by atoms with Gasteiger partial charge in [-0.15, -0.1) is 0 Å². The first-order valence-electron chi connectivity index (χ1n) is 8.40. The van der Waals surface area contributed by atoms with Crippen LogP contribution in [-0.2, 0) is 21.5 Å². The molecule has 9 nitrogen and oxygen atoms in total. The van der Waals surface area contributed by atoms with Crippen LogP contribution in [0.25, 0.3) is 0 Å². The van der Waals surface area contributed by atoms with E-state index in [4.69, 9.17) is 0 Å². The van der Waals surface area contributed by atoms with E-state index in [1.807, 2.05) is 0 Å². The van der Waals surface area contributed by atoms with Crippen LogP contribution in [0.3, 0.4) is 0 Å². The predicted octanol–water partition coefficient (Wildman–Crippen LogP) is 0.228. The normalized spacial score (nSPS) is 16.5. The number of nitrogens with one attached hydrogen (secondary N) is 1. The number of hydrogen-bond acceptors (Lipinski definition) is 5. The van der Waals surface area contributed by atoms with Crippen molar-refractivity contribution in [2.75, 3.05) is 13.1 Å². The average Bonchev–Trinajstić information content (AvgIpc) is 3.03. The first kappa shape index (κ1) is 17.8. The van der Waals surface area contributed by atoms with Crippen molar-refractivity contribution >= 4 is 11.9 Å². The zero-order valence-corrected chi connectivity index (χ0v) is 14.7. The van der Waals surface area contributed by atoms with E-state index in [0.29, 0.717) is 30.3 Å². The molecule has 0 spiro atoms. The summed E-state index contributed by atoms with van der Waals surface area (Å²) < 4.78 is 1.67. The molecule has 138 valence electrons. The van der Waals surface area contributed by atoms with Gasteiger partial charge in [-0.05, 0) is 26.7 Å². The third-order valence-electron chi connectivity index (χ3n) is 4.97. The summed E-state index contributed by atoms with van der Waals surface area (Å²) in [6.45, 7) is 4.04. The number of piperidine rings is 1. The monoisotopic (exact) mass is 359 g/mol. The number of aromatic nitrogens is 4. The number of H-pyrrole nitrogens is 1. The third kappa shape index (κ3) is 3.12. The van der Waals surface area contributed by atoms with Crippen LogP contribution in [0.4, 0.5) is 0 Å². The second-order valence-corrected chi connectivity index (χ2v) is 6.56. The number of likely N-dealkylation sites (tertiary alicyclic amines) is 1. The number of aliphatic carboxylic acids is 1. The largest absolute Gasteiger partial charge is 0.479 e. The zero-order chi connectivity index (χ0) is 18.9. The van der Waals surface area contributed by atoms with Gasteiger partial charge in [0.1, 0.15) is 17.2 Å². The van der Waals surface area contributed by atoms with Gasteiger partial charge in [-0.25, -0.2) is 14.8 Å². The average molecular weight is 359 g/mol. The highest BCUT2D eigenvalue weighted by atomic mass is 16.4. The maximum atomic E-state index is 12.5. The second kappa shape index (κ2) is 6.74. The fraction of sp³-hybridized carbons (Fsp3) is 0.471. The number of aryl methyl sites for hydroxylation is 2. The highest BCUT2D eigenvalue weighted by Gasteiger charge is 2.44. The number of amides is 1. The number of carbonyl (C=O) groups excluding carboxylic acids is 1. The molecule has 1 fully saturated rings. The molecule has 0 aliphatic carbocycles. The molecule has 1 aliphatic rings. The Labute approximate surface area is 149 Å². The van der Waals surface area contributed by atoms with Crippen LogP contribution >= 0.6 is 0 Å². The Kier molecular flexibility index (Phi) is 4.62. The standard InChI is InChI=1S/C17H21N5O4/c1-11-19-10-13(15(24)20-11)9-14(23)21-6-3-17(4-7-21,16(25)26)22-8-5-18-12(22)2/h5,8,10H,3-4,6-7,9H2,1-2H3,(H,25,26)(H,19,20,24). The van der Waals surface area contributed by atoms with E-state index >= 15 is 0 Å². The molecular weight excluding hydrogens is 338 g/mol. The molecule has 0 bridgehead atoms. The Morgan fingerprint density at radius 3 is 2.50 bits per heavy atom. The molecule has 2 aromatic heterocycles. The Morgan fingerprint density at radius 2 is 1.96 bits per heavy atom. The smallest absolute Gasteiger partial charge is 0.330 e. The summed E-state index contributed by atoms with van der Waals surface area (Å²) in [7, 11) is 0. The maximum absolute atomic E-state index is 12.5. The van der Waals surface area contributed by atoms with Crippen molar-refractivity contribution in [1.82, 2.24) is 24.4 Å². The van der Waals surface area contributed by atoms with E-state index in [0.717, 1.165) is 0 Å². The number of hydrogen-bond donors (Lipinski definition) is 2. The summed E-state index contributed by atoms with van der Waals surface area (Å²) in [5.74, 6) is -0.0112. The molecule has 1 saturated heterocycles. The maximum Gasteiger partial charge on any atom is 0.330 e. The molecule has 1 amide bonds. The van der Waals surface area contributed by atoms with Crippen LogP contribution in [-0.4, -0.2) is 54.5 Å². The van der Waals surface area contributed by atoms with Crippen LogP contribution in [0.5, 0.6) is 0 Å². The van der Waals surface area contributed by atoms with Gasteiger partial charge in [0.05, 0.1) is 6.42 Å². The van der Waals surface area contributed by atoms with Crippen LogP contribution in [0.1, 0.15) is 30.1 Å². The van der Waals surface area contributed by atoms with Crippen molar-refractivity contribution in [3.05, 3.63) is 46.2 Å². The molecule has 2 aromatic rings. The van der Waals surface area contributed by atoms with E-state index in [-0.39, 0.29) is 30.7 Å². The minimum absolute atomic E-state index is 0.0488. The number of aromatic amines is 1. The van der Waals surface area contributed by atoms with Gasteiger partial charge < -0.3 is 19.6 Å². The van der Waals surface area contributed by atoms with E-state index in [9.17, 15) is 19.5 Å². The Balaban J connectivity index is 1.73. The van der Waals surface area contributed by atoms with E-state index in [1.165, 1.54) is 6.20 Å². The Bertz CT molecular complexity index is 893. The molecule has 0 radical (unpaired) electrons. The SMILES string of the molecule is Cc1ncc(CC(=O)N2CCC(C(=O)O)(n3ccnc3C)CC2)c(=O)[nH]1. The molecule has 0 unspecified atom stereocenters. The Morgan fingerprint density at radius 1 is 1.27 bits per heavy atom. The van der Waals surface area contributed by atoms with E-state index in [2.05, 4.69) is 15.0 Å². The molecular formula is C17H21N5O4. The minimum atomic E-state index is -1.10. The number of imidazole rings is 1. The number of carboxylic acids is 1. The molecule has 0 aromatic carbocycles. The predicted molar refractivity (Wildman–Crippen MR) is 91.7 cm³/mol. The lowest BCUT2D eigenvalue weighted by atomic mass is 9.86. The molecule has 9 heteroatoms. The first-order valence-corrected chi connectivity index (χ1v) is 8.40. The number of carboxylic acid groups (broad SMARTS) is 1. The number of nitrogens with zero attached hydrogens (tertiary/aromatic N) is 4. The Hall–Kier alpha value is -2.97. The molecule has 2 N–H and O–H groups in total. The lowest BCUT2D eigenvalue weighted by Crippen LogP contribution is -2.52. The van der Waals surface area contributed by atoms with Gasteiger partial charge in [0.2, 0.25) is 5.91 Å². The van der Waals surface area contributed by atoms with E-state index < -0.39 is 11.5 Å². The highest BCUT2D eigenvalue weighted by Crippen LogP contribution is 2.32. The van der Waals surface area contributed by atoms with Gasteiger partial charge in [0.15, 0.2) is 0 Å². The summed E-state index contributed by atoms with van der Waals surface area (Å²) in [5, 5.41) is 9.80. The van der Waals surface area contributed by atoms with Crippen LogP contribution in [0.15, 0.2) is 23.4 Å². The van der Waals surface area contributed by atoms with Gasteiger partial charge in [0, 0.05) is 37.2 Å². The van der Waals surface area contributed by atoms with Crippen LogP contribution in [0.2, 0.25) is 0 Å². The third-order valence-corrected chi connectivity index (χ3v) is 4.97. The van der Waals surface area contributed by atoms with Crippen molar-refractivity contribution in [3.63, 3.8) is 0 Å². The lowest BCUT2D eigenvalue weighted by molar-refractivity contribution is -0.152. The minimum Gasteiger partial charge on any atom is -0.479 e. The summed E-state index contributed by atoms with van der Waals surface area (Å²) in [6.07, 6.45) is 5.17. The van der Waals surface area contributed by atoms with Gasteiger partial charge in [-0.2, -0.15) is 0 Å². The van der Waals surface area contributed by atoms with Crippen molar-refractivity contribution in [1.29, 1.82) is 0 Å². The van der Waals surface area contributed by atoms with Crippen molar-refractivity contribution < 1.29 is 14.7 Å². The fourth-order valence-corrected chi connectivity index (χ4v) is 3.43. The van der Waals surface area contributed by atoms with Crippen LogP contribution < -0.4 is 5.56 Å². The van der Waals surface area contributed by atoms with Crippen LogP contribution in [0, 0.1) is 13.8 Å². The quantitative estimate of drug-likeness (QED) is 0.806. The first-order chi connectivity index (χ1) is 12.3. The van der Waals surface area contributed by atoms with Gasteiger partial charge >= 0.3 is 5.97 Å². The molecule has 3 heterocycles. The number of carbonyl (C=O) groups is 2. The van der Waals surface area contributed by atoms with Crippen molar-refractivity contribution in [2.24, 2.45) is 0 Å². The van der Waals surface area contributed by atoms with Gasteiger partial charge in [0.25, 0.3) is 5.56 Å². The van der Waals surface area contributed by atoms with Crippen molar-refractivity contribution in [2.45, 2.75) is 38.6 Å². The summed E-state index contributed by atoms with van der Waals surface area (Å²) >= 11 is 0. The summed E-state index contributed by atoms with van der Waals surface area (Å²) in [6, 6.07) is 0. The second-order valence-electron chi connectivity index (χ2n) is 6.56. The van der Waals surface area contributed by atoms with Gasteiger partial charge in [-0.3, -0.25) is 9.59 Å². The molecule has 0 saturated carbocycles.